The molecule has 4 bridgehead atoms. The Hall–Kier alpha value is -0.420. The van der Waals surface area contributed by atoms with E-state index in [4.69, 9.17) is 0 Å². The largest absolute Gasteiger partial charge is 0.392 e. The molecular formula is C23H37NO3. The minimum atomic E-state index is -0.528. The Labute approximate surface area is 163 Å². The summed E-state index contributed by atoms with van der Waals surface area (Å²) >= 11 is 0. The van der Waals surface area contributed by atoms with Crippen LogP contribution in [0.2, 0.25) is 0 Å². The van der Waals surface area contributed by atoms with E-state index in [1.54, 1.807) is 0 Å². The zero-order valence-electron chi connectivity index (χ0n) is 17.4. The Morgan fingerprint density at radius 3 is 2.52 bits per heavy atom. The molecule has 152 valence electrons. The van der Waals surface area contributed by atoms with Crippen molar-refractivity contribution >= 4 is 0 Å². The average molecular weight is 376 g/mol. The summed E-state index contributed by atoms with van der Waals surface area (Å²) < 4.78 is 0. The Kier molecular flexibility index (Phi) is 3.71. The standard InChI is InChI=1S/C23H37NO3/c1-6-24(5)19-14-11-15-21(3,4)9-8-16(25)23(15,19)18-17(26)13-7-10-22(14,18)20(27)12(13)2/h13-20,25-27H,2,6-11H2,1,3-5H3/t13-,14+,15-,16+,17+,18+,19-,20-,22+,23-/m1/s1. The first kappa shape index (κ1) is 18.6. The monoisotopic (exact) mass is 375 g/mol. The Morgan fingerprint density at radius 2 is 1.85 bits per heavy atom. The zero-order valence-corrected chi connectivity index (χ0v) is 17.4. The van der Waals surface area contributed by atoms with Crippen LogP contribution in [0, 0.1) is 39.9 Å². The van der Waals surface area contributed by atoms with Gasteiger partial charge in [0.15, 0.2) is 0 Å². The fourth-order valence-corrected chi connectivity index (χ4v) is 9.43. The maximum absolute atomic E-state index is 11.6. The summed E-state index contributed by atoms with van der Waals surface area (Å²) in [5, 5.41) is 34.6. The molecule has 3 N–H and O–H groups in total. The number of fused-ring (bicyclic) bond motifs is 3. The first-order valence-electron chi connectivity index (χ1n) is 11.1. The van der Waals surface area contributed by atoms with Crippen LogP contribution < -0.4 is 0 Å². The maximum atomic E-state index is 11.6. The molecule has 4 heteroatoms. The van der Waals surface area contributed by atoms with Crippen LogP contribution in [0.3, 0.4) is 0 Å². The van der Waals surface area contributed by atoms with E-state index in [1.807, 2.05) is 0 Å². The number of hydrogen-bond donors (Lipinski definition) is 3. The lowest BCUT2D eigenvalue weighted by molar-refractivity contribution is -0.242. The molecule has 0 aromatic heterocycles. The second-order valence-corrected chi connectivity index (χ2v) is 11.2. The fraction of sp³-hybridized carbons (Fsp3) is 0.913. The number of nitrogens with zero attached hydrogens (tertiary/aromatic N) is 1. The maximum Gasteiger partial charge on any atom is 0.0814 e. The topological polar surface area (TPSA) is 63.9 Å². The van der Waals surface area contributed by atoms with E-state index >= 15 is 0 Å². The van der Waals surface area contributed by atoms with Crippen LogP contribution in [0.1, 0.15) is 52.9 Å². The quantitative estimate of drug-likeness (QED) is 0.649. The van der Waals surface area contributed by atoms with Gasteiger partial charge in [0.1, 0.15) is 0 Å². The van der Waals surface area contributed by atoms with Gasteiger partial charge in [-0.3, -0.25) is 0 Å². The smallest absolute Gasteiger partial charge is 0.0814 e. The van der Waals surface area contributed by atoms with Gasteiger partial charge in [-0.25, -0.2) is 0 Å². The molecule has 0 heterocycles. The summed E-state index contributed by atoms with van der Waals surface area (Å²) in [4.78, 5) is 2.43. The van der Waals surface area contributed by atoms with Crippen molar-refractivity contribution in [1.29, 1.82) is 0 Å². The van der Waals surface area contributed by atoms with Crippen LogP contribution in [0.5, 0.6) is 0 Å². The number of aliphatic hydroxyl groups excluding tert-OH is 3. The molecule has 6 saturated carbocycles. The number of hydrogen-bond acceptors (Lipinski definition) is 4. The van der Waals surface area contributed by atoms with Crippen LogP contribution in [0.4, 0.5) is 0 Å². The van der Waals surface area contributed by atoms with Crippen molar-refractivity contribution in [2.45, 2.75) is 77.2 Å². The highest BCUT2D eigenvalue weighted by molar-refractivity contribution is 5.38. The third-order valence-corrected chi connectivity index (χ3v) is 10.3. The molecule has 0 unspecified atom stereocenters. The summed E-state index contributed by atoms with van der Waals surface area (Å²) in [6, 6.07) is 0.237. The predicted octanol–water partition coefficient (Wildman–Crippen LogP) is 2.43. The summed E-state index contributed by atoms with van der Waals surface area (Å²) in [5.74, 6) is 0.711. The van der Waals surface area contributed by atoms with Gasteiger partial charge in [-0.05, 0) is 68.5 Å². The predicted molar refractivity (Wildman–Crippen MR) is 105 cm³/mol. The van der Waals surface area contributed by atoms with Gasteiger partial charge in [0.2, 0.25) is 0 Å². The van der Waals surface area contributed by atoms with Crippen LogP contribution in [0.15, 0.2) is 12.2 Å². The van der Waals surface area contributed by atoms with Crippen molar-refractivity contribution in [3.8, 4) is 0 Å². The third-order valence-electron chi connectivity index (χ3n) is 10.3. The number of aliphatic hydroxyl groups is 3. The molecule has 0 radical (unpaired) electrons. The van der Waals surface area contributed by atoms with Crippen molar-refractivity contribution in [3.05, 3.63) is 12.2 Å². The Bertz CT molecular complexity index is 677. The van der Waals surface area contributed by atoms with Gasteiger partial charge in [0.25, 0.3) is 0 Å². The van der Waals surface area contributed by atoms with E-state index in [2.05, 4.69) is 39.3 Å². The SMILES string of the molecule is C=C1[C@H]2CC[C@]3([C@@H]1O)[C@H]1C[C@@H]4C(C)(C)CC[C@H](O)[C@@]4([C@@H]1N(C)CC)[C@H]3[C@H]2O. The van der Waals surface area contributed by atoms with E-state index < -0.39 is 18.3 Å². The van der Waals surface area contributed by atoms with Crippen molar-refractivity contribution in [2.75, 3.05) is 13.6 Å². The summed E-state index contributed by atoms with van der Waals surface area (Å²) in [7, 11) is 2.18. The molecule has 4 nitrogen and oxygen atoms in total. The molecule has 10 atom stereocenters. The molecule has 0 amide bonds. The number of rotatable bonds is 2. The molecule has 6 rings (SSSR count). The summed E-state index contributed by atoms with van der Waals surface area (Å²) in [5.41, 5.74) is 0.412. The van der Waals surface area contributed by atoms with Crippen LogP contribution >= 0.6 is 0 Å². The van der Waals surface area contributed by atoms with E-state index in [-0.39, 0.29) is 34.1 Å². The van der Waals surface area contributed by atoms with Gasteiger partial charge in [0.05, 0.1) is 18.3 Å². The lowest BCUT2D eigenvalue weighted by Crippen LogP contribution is -2.69. The fourth-order valence-electron chi connectivity index (χ4n) is 9.43. The molecule has 2 spiro atoms. The van der Waals surface area contributed by atoms with Crippen molar-refractivity contribution in [2.24, 2.45) is 39.9 Å². The highest BCUT2D eigenvalue weighted by Crippen LogP contribution is 2.81. The lowest BCUT2D eigenvalue weighted by atomic mass is 9.39. The minimum Gasteiger partial charge on any atom is -0.392 e. The molecule has 0 saturated heterocycles. The molecule has 27 heavy (non-hydrogen) atoms. The van der Waals surface area contributed by atoms with Gasteiger partial charge in [-0.15, -0.1) is 0 Å². The molecule has 0 aromatic rings. The first-order valence-corrected chi connectivity index (χ1v) is 11.1. The van der Waals surface area contributed by atoms with Crippen LogP contribution in [-0.2, 0) is 0 Å². The molecule has 6 aliphatic carbocycles. The Balaban J connectivity index is 1.77. The van der Waals surface area contributed by atoms with Gasteiger partial charge in [-0.2, -0.15) is 0 Å². The normalized spacial score (nSPS) is 57.9. The summed E-state index contributed by atoms with van der Waals surface area (Å²) in [6.07, 6.45) is 3.44. The van der Waals surface area contributed by atoms with Crippen LogP contribution in [0.25, 0.3) is 0 Å². The van der Waals surface area contributed by atoms with Crippen molar-refractivity contribution < 1.29 is 15.3 Å². The molecule has 6 aliphatic rings. The van der Waals surface area contributed by atoms with Crippen molar-refractivity contribution in [1.82, 2.24) is 4.90 Å². The first-order chi connectivity index (χ1) is 12.7. The van der Waals surface area contributed by atoms with Gasteiger partial charge in [-0.1, -0.05) is 27.4 Å². The zero-order chi connectivity index (χ0) is 19.5. The van der Waals surface area contributed by atoms with Crippen LogP contribution in [-0.4, -0.2) is 58.2 Å². The molecule has 0 aromatic carbocycles. The summed E-state index contributed by atoms with van der Waals surface area (Å²) in [6.45, 7) is 12.1. The lowest BCUT2D eigenvalue weighted by Gasteiger charge is -2.67. The van der Waals surface area contributed by atoms with Crippen molar-refractivity contribution in [3.63, 3.8) is 0 Å². The molecule has 0 aliphatic heterocycles. The van der Waals surface area contributed by atoms with E-state index in [1.165, 1.54) is 0 Å². The second kappa shape index (κ2) is 5.38. The van der Waals surface area contributed by atoms with E-state index in [0.717, 1.165) is 44.2 Å². The average Bonchev–Trinajstić information content (AvgIpc) is 3.12. The minimum absolute atomic E-state index is 0.00827. The van der Waals surface area contributed by atoms with Gasteiger partial charge in [0, 0.05) is 28.7 Å². The Morgan fingerprint density at radius 1 is 1.15 bits per heavy atom. The highest BCUT2D eigenvalue weighted by atomic mass is 16.3. The second-order valence-electron chi connectivity index (χ2n) is 11.2. The molecule has 6 fully saturated rings. The van der Waals surface area contributed by atoms with E-state index in [0.29, 0.717) is 11.8 Å². The van der Waals surface area contributed by atoms with E-state index in [9.17, 15) is 15.3 Å². The highest BCUT2D eigenvalue weighted by Gasteiger charge is 2.84. The molecular weight excluding hydrogens is 338 g/mol. The third kappa shape index (κ3) is 1.77. The van der Waals surface area contributed by atoms with Gasteiger partial charge < -0.3 is 20.2 Å². The van der Waals surface area contributed by atoms with Gasteiger partial charge >= 0.3 is 0 Å².